The van der Waals surface area contributed by atoms with Gasteiger partial charge in [0.05, 0.1) is 12.2 Å². The van der Waals surface area contributed by atoms with E-state index in [0.717, 1.165) is 37.7 Å². The third-order valence-electron chi connectivity index (χ3n) is 3.38. The minimum atomic E-state index is 0. The second-order valence-corrected chi connectivity index (χ2v) is 4.58. The van der Waals surface area contributed by atoms with Crippen LogP contribution >= 0.6 is 24.0 Å². The van der Waals surface area contributed by atoms with Crippen molar-refractivity contribution >= 4 is 29.9 Å². The molecule has 1 aliphatic heterocycles. The van der Waals surface area contributed by atoms with Gasteiger partial charge in [-0.1, -0.05) is 0 Å². The van der Waals surface area contributed by atoms with Crippen molar-refractivity contribution in [2.24, 2.45) is 12.0 Å². The minimum Gasteiger partial charge on any atom is -0.356 e. The maximum atomic E-state index is 4.42. The number of hydrogen-bond acceptors (Lipinski definition) is 4. The molecule has 2 heterocycles. The van der Waals surface area contributed by atoms with Crippen LogP contribution in [0, 0.1) is 13.8 Å². The summed E-state index contributed by atoms with van der Waals surface area (Å²) in [4.78, 5) is 6.56. The summed E-state index contributed by atoms with van der Waals surface area (Å²) in [6.07, 6.45) is 0.998. The number of nitrogens with zero attached hydrogens (tertiary/aromatic N) is 4. The van der Waals surface area contributed by atoms with E-state index in [1.165, 1.54) is 11.3 Å². The maximum absolute atomic E-state index is 4.42. The SMILES string of the molecule is Cc1nn(C)c(C)c1CCNC1=NCCN1C.I. The van der Waals surface area contributed by atoms with Crippen LogP contribution in [0.3, 0.4) is 0 Å². The molecule has 18 heavy (non-hydrogen) atoms. The lowest BCUT2D eigenvalue weighted by molar-refractivity contribution is 0.534. The van der Waals surface area contributed by atoms with Gasteiger partial charge in [-0.2, -0.15) is 5.10 Å². The molecule has 1 aromatic rings. The zero-order valence-electron chi connectivity index (χ0n) is 11.5. The van der Waals surface area contributed by atoms with Gasteiger partial charge in [0, 0.05) is 32.9 Å². The van der Waals surface area contributed by atoms with Gasteiger partial charge in [0.1, 0.15) is 0 Å². The van der Waals surface area contributed by atoms with Gasteiger partial charge in [0.15, 0.2) is 5.96 Å². The number of aliphatic imine (C=N–C) groups is 1. The monoisotopic (exact) mass is 363 g/mol. The molecule has 0 aliphatic carbocycles. The van der Waals surface area contributed by atoms with Crippen LogP contribution in [0.5, 0.6) is 0 Å². The van der Waals surface area contributed by atoms with Crippen molar-refractivity contribution in [3.63, 3.8) is 0 Å². The minimum absolute atomic E-state index is 0. The largest absolute Gasteiger partial charge is 0.356 e. The molecule has 0 fully saturated rings. The van der Waals surface area contributed by atoms with Crippen molar-refractivity contribution in [2.45, 2.75) is 20.3 Å². The standard InChI is InChI=1S/C12H21N5.HI/c1-9-11(10(2)17(4)15-9)5-6-13-12-14-7-8-16(12)3;/h5-8H2,1-4H3,(H,13,14);1H. The Morgan fingerprint density at radius 3 is 2.50 bits per heavy atom. The van der Waals surface area contributed by atoms with Crippen LogP contribution in [-0.4, -0.2) is 47.3 Å². The highest BCUT2D eigenvalue weighted by Gasteiger charge is 2.13. The molecule has 2 rings (SSSR count). The van der Waals surface area contributed by atoms with Crippen molar-refractivity contribution in [1.82, 2.24) is 20.0 Å². The first-order valence-corrected chi connectivity index (χ1v) is 6.08. The Kier molecular flexibility index (Phi) is 5.43. The summed E-state index contributed by atoms with van der Waals surface area (Å²) in [5, 5.41) is 7.81. The van der Waals surface area contributed by atoms with Crippen molar-refractivity contribution in [3.8, 4) is 0 Å². The van der Waals surface area contributed by atoms with E-state index in [0.29, 0.717) is 0 Å². The van der Waals surface area contributed by atoms with Crippen molar-refractivity contribution in [1.29, 1.82) is 0 Å². The summed E-state index contributed by atoms with van der Waals surface area (Å²) in [7, 11) is 4.06. The normalized spacial score (nSPS) is 14.4. The maximum Gasteiger partial charge on any atom is 0.193 e. The molecule has 102 valence electrons. The van der Waals surface area contributed by atoms with E-state index >= 15 is 0 Å². The Labute approximate surface area is 126 Å². The molecule has 1 N–H and O–H groups in total. The van der Waals surface area contributed by atoms with Gasteiger partial charge in [-0.3, -0.25) is 9.67 Å². The van der Waals surface area contributed by atoms with Crippen molar-refractivity contribution < 1.29 is 0 Å². The quantitative estimate of drug-likeness (QED) is 0.818. The summed E-state index contributed by atoms with van der Waals surface area (Å²) >= 11 is 0. The van der Waals surface area contributed by atoms with Gasteiger partial charge < -0.3 is 10.2 Å². The Morgan fingerprint density at radius 1 is 1.28 bits per heavy atom. The lowest BCUT2D eigenvalue weighted by Gasteiger charge is -2.15. The van der Waals surface area contributed by atoms with Gasteiger partial charge in [0.2, 0.25) is 0 Å². The molecule has 1 aromatic heterocycles. The van der Waals surface area contributed by atoms with E-state index in [2.05, 4.69) is 41.2 Å². The first-order valence-electron chi connectivity index (χ1n) is 6.08. The van der Waals surface area contributed by atoms with E-state index in [-0.39, 0.29) is 24.0 Å². The number of hydrogen-bond donors (Lipinski definition) is 1. The fourth-order valence-corrected chi connectivity index (χ4v) is 2.20. The van der Waals surface area contributed by atoms with Crippen LogP contribution in [0.15, 0.2) is 4.99 Å². The van der Waals surface area contributed by atoms with E-state index < -0.39 is 0 Å². The predicted molar refractivity (Wildman–Crippen MR) is 84.7 cm³/mol. The van der Waals surface area contributed by atoms with Crippen molar-refractivity contribution in [2.75, 3.05) is 26.7 Å². The summed E-state index contributed by atoms with van der Waals surface area (Å²) in [6.45, 7) is 7.03. The van der Waals surface area contributed by atoms with E-state index in [1.807, 2.05) is 11.7 Å². The average Bonchev–Trinajstić information content (AvgIpc) is 2.78. The number of guanidine groups is 1. The zero-order chi connectivity index (χ0) is 12.4. The molecule has 1 aliphatic rings. The molecule has 5 nitrogen and oxygen atoms in total. The molecule has 0 aromatic carbocycles. The second-order valence-electron chi connectivity index (χ2n) is 4.58. The highest BCUT2D eigenvalue weighted by Crippen LogP contribution is 2.11. The topological polar surface area (TPSA) is 45.5 Å². The summed E-state index contributed by atoms with van der Waals surface area (Å²) in [5.41, 5.74) is 3.74. The number of aryl methyl sites for hydroxylation is 2. The number of nitrogens with one attached hydrogen (secondary N) is 1. The van der Waals surface area contributed by atoms with Crippen LogP contribution < -0.4 is 5.32 Å². The van der Waals surface area contributed by atoms with Gasteiger partial charge in [-0.25, -0.2) is 0 Å². The van der Waals surface area contributed by atoms with Crippen molar-refractivity contribution in [3.05, 3.63) is 17.0 Å². The Morgan fingerprint density at radius 2 is 2.00 bits per heavy atom. The molecule has 0 radical (unpaired) electrons. The summed E-state index contributed by atoms with van der Waals surface area (Å²) < 4.78 is 1.95. The van der Waals surface area contributed by atoms with E-state index in [1.54, 1.807) is 0 Å². The highest BCUT2D eigenvalue weighted by atomic mass is 127. The predicted octanol–water partition coefficient (Wildman–Crippen LogP) is 1.09. The molecule has 0 saturated carbocycles. The van der Waals surface area contributed by atoms with Gasteiger partial charge >= 0.3 is 0 Å². The fraction of sp³-hybridized carbons (Fsp3) is 0.667. The third-order valence-corrected chi connectivity index (χ3v) is 3.38. The molecular weight excluding hydrogens is 341 g/mol. The van der Waals surface area contributed by atoms with Gasteiger partial charge in [-0.15, -0.1) is 24.0 Å². The number of halogens is 1. The second kappa shape index (κ2) is 6.40. The Hall–Kier alpha value is -0.790. The Balaban J connectivity index is 0.00000162. The number of aromatic nitrogens is 2. The first kappa shape index (κ1) is 15.3. The average molecular weight is 363 g/mol. The molecule has 0 saturated heterocycles. The smallest absolute Gasteiger partial charge is 0.193 e. The van der Waals surface area contributed by atoms with Gasteiger partial charge in [0.25, 0.3) is 0 Å². The Bertz CT molecular complexity index is 438. The van der Waals surface area contributed by atoms with Gasteiger partial charge in [-0.05, 0) is 25.8 Å². The lowest BCUT2D eigenvalue weighted by atomic mass is 10.1. The van der Waals surface area contributed by atoms with E-state index in [9.17, 15) is 0 Å². The van der Waals surface area contributed by atoms with Crippen LogP contribution in [0.2, 0.25) is 0 Å². The van der Waals surface area contributed by atoms with Crippen LogP contribution in [-0.2, 0) is 13.5 Å². The molecular formula is C12H22IN5. The molecule has 6 heteroatoms. The van der Waals surface area contributed by atoms with E-state index in [4.69, 9.17) is 0 Å². The molecule has 0 bridgehead atoms. The first-order chi connectivity index (χ1) is 8.09. The molecule has 0 atom stereocenters. The number of likely N-dealkylation sites (N-methyl/N-ethyl adjacent to an activating group) is 1. The molecule has 0 spiro atoms. The molecule has 0 amide bonds. The number of rotatable bonds is 3. The van der Waals surface area contributed by atoms with Crippen LogP contribution in [0.25, 0.3) is 0 Å². The summed E-state index contributed by atoms with van der Waals surface area (Å²) in [6, 6.07) is 0. The summed E-state index contributed by atoms with van der Waals surface area (Å²) in [5.74, 6) is 1.02. The van der Waals surface area contributed by atoms with Crippen LogP contribution in [0.1, 0.15) is 17.0 Å². The lowest BCUT2D eigenvalue weighted by Crippen LogP contribution is -2.36. The zero-order valence-corrected chi connectivity index (χ0v) is 13.9. The fourth-order valence-electron chi connectivity index (χ4n) is 2.20. The molecule has 0 unspecified atom stereocenters. The highest BCUT2D eigenvalue weighted by molar-refractivity contribution is 14.0. The third kappa shape index (κ3) is 3.15. The van der Waals surface area contributed by atoms with Crippen LogP contribution in [0.4, 0.5) is 0 Å².